The summed E-state index contributed by atoms with van der Waals surface area (Å²) in [6.07, 6.45) is 1.25. The van der Waals surface area contributed by atoms with Crippen molar-refractivity contribution in [1.29, 1.82) is 5.26 Å². The van der Waals surface area contributed by atoms with Crippen molar-refractivity contribution in [2.24, 2.45) is 5.73 Å². The summed E-state index contributed by atoms with van der Waals surface area (Å²) in [5, 5.41) is 7.10. The first kappa shape index (κ1) is 16.2. The molecule has 0 radical (unpaired) electrons. The van der Waals surface area contributed by atoms with Gasteiger partial charge in [-0.15, -0.1) is 0 Å². The summed E-state index contributed by atoms with van der Waals surface area (Å²) in [6, 6.07) is 0. The zero-order valence-electron chi connectivity index (χ0n) is 4.27. The number of hydrogen-bond acceptors (Lipinski definition) is 6. The zero-order valence-corrected chi connectivity index (χ0v) is 7.30. The molecule has 48 valence electrons. The molecular weight excluding hydrogens is 176 g/mol. The number of rotatable bonds is 0. The first-order chi connectivity index (χ1) is 3.41. The van der Waals surface area contributed by atoms with Gasteiger partial charge in [-0.05, 0) is 0 Å². The van der Waals surface area contributed by atoms with Crippen LogP contribution in [0.15, 0.2) is 0 Å². The van der Waals surface area contributed by atoms with Crippen LogP contribution in [0.2, 0.25) is 0 Å². The Balaban J connectivity index is -0.0000000800. The minimum atomic E-state index is -5.17. The van der Waals surface area contributed by atoms with E-state index in [0.29, 0.717) is 0 Å². The molecule has 0 heterocycles. The molecule has 0 spiro atoms. The van der Waals surface area contributed by atoms with E-state index in [1.807, 2.05) is 0 Å². The van der Waals surface area contributed by atoms with Gasteiger partial charge in [0, 0.05) is 10.4 Å². The summed E-state index contributed by atoms with van der Waals surface area (Å²) in [7, 11) is -5.17. The standard InChI is InChI=1S/CH2N2.Ca.H2O4S/c2-1-3;;1-5(2,3)4/h2H2;;(H2,1,2,3,4)/q;+2;/p-2. The molecule has 0 amide bonds. The quantitative estimate of drug-likeness (QED) is 0.146. The van der Waals surface area contributed by atoms with Gasteiger partial charge >= 0.3 is 37.7 Å². The first-order valence-electron chi connectivity index (χ1n) is 1.18. The Labute approximate surface area is 82.2 Å². The fraction of sp³-hybridized carbons (Fsp3) is 0. The van der Waals surface area contributed by atoms with Gasteiger partial charge in [0.25, 0.3) is 0 Å². The molecule has 0 aromatic carbocycles. The van der Waals surface area contributed by atoms with Crippen LogP contribution in [0.25, 0.3) is 0 Å². The summed E-state index contributed by atoms with van der Waals surface area (Å²) in [4.78, 5) is 0. The van der Waals surface area contributed by atoms with Gasteiger partial charge in [0.2, 0.25) is 0 Å². The van der Waals surface area contributed by atoms with E-state index in [4.69, 9.17) is 22.8 Å². The number of hydrogen-bond donors (Lipinski definition) is 1. The van der Waals surface area contributed by atoms with Crippen LogP contribution in [0.5, 0.6) is 0 Å². The first-order valence-corrected chi connectivity index (χ1v) is 2.51. The summed E-state index contributed by atoms with van der Waals surface area (Å²) >= 11 is 0. The second-order valence-corrected chi connectivity index (χ2v) is 1.35. The monoisotopic (exact) mass is 178 g/mol. The maximum absolute atomic E-state index is 8.52. The Morgan fingerprint density at radius 3 is 1.44 bits per heavy atom. The Hall–Kier alpha value is 0.420. The van der Waals surface area contributed by atoms with Gasteiger partial charge in [0.05, 0.1) is 0 Å². The summed E-state index contributed by atoms with van der Waals surface area (Å²) in [6.45, 7) is 0. The van der Waals surface area contributed by atoms with Crippen molar-refractivity contribution in [3.63, 3.8) is 0 Å². The third kappa shape index (κ3) is 1970. The molecule has 8 heteroatoms. The average molecular weight is 178 g/mol. The van der Waals surface area contributed by atoms with Crippen LogP contribution < -0.4 is 5.73 Å². The molecule has 0 atom stereocenters. The third-order valence-electron chi connectivity index (χ3n) is 0. The predicted molar refractivity (Wildman–Crippen MR) is 26.0 cm³/mol. The Morgan fingerprint density at radius 2 is 1.44 bits per heavy atom. The van der Waals surface area contributed by atoms with E-state index in [0.717, 1.165) is 0 Å². The largest absolute Gasteiger partial charge is 2.00 e. The van der Waals surface area contributed by atoms with Gasteiger partial charge in [-0.1, -0.05) is 0 Å². The van der Waals surface area contributed by atoms with Crippen LogP contribution >= 0.6 is 0 Å². The molecular formula is CH2CaN2O4S. The van der Waals surface area contributed by atoms with Crippen molar-refractivity contribution in [3.8, 4) is 6.19 Å². The van der Waals surface area contributed by atoms with Crippen molar-refractivity contribution < 1.29 is 17.5 Å². The third-order valence-corrected chi connectivity index (χ3v) is 0. The molecule has 0 bridgehead atoms. The zero-order chi connectivity index (χ0) is 7.21. The van der Waals surface area contributed by atoms with Crippen molar-refractivity contribution in [2.45, 2.75) is 0 Å². The molecule has 0 rings (SSSR count). The molecule has 0 fully saturated rings. The van der Waals surface area contributed by atoms with Crippen LogP contribution in [0.3, 0.4) is 0 Å². The fourth-order valence-corrected chi connectivity index (χ4v) is 0. The van der Waals surface area contributed by atoms with Gasteiger partial charge in [-0.25, -0.2) is 0 Å². The predicted octanol–water partition coefficient (Wildman–Crippen LogP) is -2.29. The molecule has 0 saturated heterocycles. The Bertz CT molecular complexity index is 159. The molecule has 0 saturated carbocycles. The van der Waals surface area contributed by atoms with E-state index in [2.05, 4.69) is 5.73 Å². The summed E-state index contributed by atoms with van der Waals surface area (Å²) in [5.74, 6) is 0. The molecule has 0 aromatic rings. The Morgan fingerprint density at radius 1 is 1.44 bits per heavy atom. The molecule has 9 heavy (non-hydrogen) atoms. The van der Waals surface area contributed by atoms with Crippen LogP contribution in [-0.4, -0.2) is 55.3 Å². The van der Waals surface area contributed by atoms with E-state index in [-0.39, 0.29) is 37.7 Å². The van der Waals surface area contributed by atoms with Crippen LogP contribution in [-0.2, 0) is 10.4 Å². The van der Waals surface area contributed by atoms with Crippen molar-refractivity contribution in [2.75, 3.05) is 0 Å². The second-order valence-electron chi connectivity index (χ2n) is 0.537. The maximum Gasteiger partial charge on any atom is 2.00 e. The van der Waals surface area contributed by atoms with Crippen LogP contribution in [0.4, 0.5) is 0 Å². The van der Waals surface area contributed by atoms with Crippen molar-refractivity contribution in [3.05, 3.63) is 0 Å². The molecule has 0 aromatic heterocycles. The van der Waals surface area contributed by atoms with E-state index >= 15 is 0 Å². The van der Waals surface area contributed by atoms with Gasteiger partial charge in [-0.2, -0.15) is 5.26 Å². The van der Waals surface area contributed by atoms with Crippen molar-refractivity contribution >= 4 is 48.1 Å². The van der Waals surface area contributed by atoms with Gasteiger partial charge in [0.15, 0.2) is 6.19 Å². The topological polar surface area (TPSA) is 130 Å². The second kappa shape index (κ2) is 8.42. The molecule has 2 N–H and O–H groups in total. The average Bonchev–Trinajstić information content (AvgIpc) is 1.27. The minimum absolute atomic E-state index is 0. The van der Waals surface area contributed by atoms with Crippen LogP contribution in [0.1, 0.15) is 0 Å². The summed E-state index contributed by atoms with van der Waals surface area (Å²) in [5.41, 5.74) is 4.15. The summed E-state index contributed by atoms with van der Waals surface area (Å²) < 4.78 is 34.1. The van der Waals surface area contributed by atoms with E-state index < -0.39 is 10.4 Å². The van der Waals surface area contributed by atoms with Crippen molar-refractivity contribution in [1.82, 2.24) is 0 Å². The fourth-order valence-electron chi connectivity index (χ4n) is 0. The molecule has 0 unspecified atom stereocenters. The molecule has 0 aliphatic rings. The smallest absolute Gasteiger partial charge is 0.759 e. The molecule has 0 aliphatic carbocycles. The molecule has 0 aliphatic heterocycles. The van der Waals surface area contributed by atoms with Gasteiger partial charge in [0.1, 0.15) is 0 Å². The van der Waals surface area contributed by atoms with E-state index in [1.165, 1.54) is 6.19 Å². The molecule has 6 nitrogen and oxygen atoms in total. The minimum Gasteiger partial charge on any atom is -0.759 e. The van der Waals surface area contributed by atoms with Crippen LogP contribution in [0, 0.1) is 11.5 Å². The van der Waals surface area contributed by atoms with E-state index in [1.54, 1.807) is 0 Å². The SMILES string of the molecule is N#CN.O=S(=O)([O-])[O-].[Ca+2]. The van der Waals surface area contributed by atoms with Gasteiger partial charge in [-0.3, -0.25) is 8.42 Å². The number of nitrogens with zero attached hydrogens (tertiary/aromatic N) is 1. The Kier molecular flexibility index (Phi) is 15.2. The number of nitrogens with two attached hydrogens (primary N) is 1. The normalized spacial score (nSPS) is 7.22. The van der Waals surface area contributed by atoms with Gasteiger partial charge < -0.3 is 14.8 Å². The van der Waals surface area contributed by atoms with E-state index in [9.17, 15) is 0 Å². The number of nitriles is 1. The maximum atomic E-state index is 8.52.